The van der Waals surface area contributed by atoms with Crippen LogP contribution in [0.15, 0.2) is 5.18 Å². The Bertz CT molecular complexity index is 228. The monoisotopic (exact) mass is 170 g/mol. The Balaban J connectivity index is 3.78. The number of nitrogens with one attached hydrogen (secondary N) is 1. The summed E-state index contributed by atoms with van der Waals surface area (Å²) in [7, 11) is -4.76. The van der Waals surface area contributed by atoms with Crippen molar-refractivity contribution in [1.29, 1.82) is 0 Å². The van der Waals surface area contributed by atoms with Crippen LogP contribution in [0.5, 0.6) is 0 Å². The van der Waals surface area contributed by atoms with Crippen molar-refractivity contribution in [2.45, 2.75) is 0 Å². The highest BCUT2D eigenvalue weighted by Gasteiger charge is 2.07. The van der Waals surface area contributed by atoms with Crippen LogP contribution >= 0.6 is 0 Å². The first-order valence-electron chi connectivity index (χ1n) is 1.75. The Morgan fingerprint density at radius 1 is 1.60 bits per heavy atom. The van der Waals surface area contributed by atoms with Crippen LogP contribution in [0.3, 0.4) is 0 Å². The molecule has 9 heteroatoms. The van der Waals surface area contributed by atoms with Gasteiger partial charge >= 0.3 is 16.4 Å². The Labute approximate surface area is 55.1 Å². The van der Waals surface area contributed by atoms with Gasteiger partial charge in [-0.3, -0.25) is 4.55 Å². The molecule has 0 aromatic carbocycles. The Morgan fingerprint density at radius 2 is 2.10 bits per heavy atom. The minimum atomic E-state index is -4.76. The number of hydroxylamine groups is 1. The summed E-state index contributed by atoms with van der Waals surface area (Å²) in [6.07, 6.45) is 0. The molecule has 0 rings (SSSR count). The zero-order valence-electron chi connectivity index (χ0n) is 4.34. The third-order valence-corrected chi connectivity index (χ3v) is 0.611. The molecular formula is CH2N2O6S. The summed E-state index contributed by atoms with van der Waals surface area (Å²) in [5.74, 6) is 0. The molecule has 8 nitrogen and oxygen atoms in total. The molecule has 0 heterocycles. The summed E-state index contributed by atoms with van der Waals surface area (Å²) < 4.78 is 30.2. The molecule has 0 spiro atoms. The van der Waals surface area contributed by atoms with Gasteiger partial charge in [-0.15, -0.1) is 9.19 Å². The lowest BCUT2D eigenvalue weighted by Gasteiger charge is -1.93. The van der Waals surface area contributed by atoms with E-state index in [1.54, 1.807) is 5.18 Å². The van der Waals surface area contributed by atoms with Crippen molar-refractivity contribution >= 4 is 16.4 Å². The molecule has 0 atom stereocenters. The van der Waals surface area contributed by atoms with E-state index >= 15 is 0 Å². The Hall–Kier alpha value is -1.06. The SMILES string of the molecule is O=NC(=O)NOS(=O)(=O)O. The van der Waals surface area contributed by atoms with E-state index in [-0.39, 0.29) is 0 Å². The maximum absolute atomic E-state index is 9.77. The lowest BCUT2D eigenvalue weighted by molar-refractivity contribution is 0.173. The molecule has 0 aliphatic rings. The second-order valence-corrected chi connectivity index (χ2v) is 2.03. The molecule has 0 saturated heterocycles. The van der Waals surface area contributed by atoms with Gasteiger partial charge in [-0.2, -0.15) is 13.9 Å². The Morgan fingerprint density at radius 3 is 2.40 bits per heavy atom. The molecule has 0 aliphatic carbocycles. The lowest BCUT2D eigenvalue weighted by atomic mass is 11.2. The van der Waals surface area contributed by atoms with E-state index in [9.17, 15) is 18.1 Å². The number of nitrogens with zero attached hydrogens (tertiary/aromatic N) is 1. The van der Waals surface area contributed by atoms with Crippen LogP contribution in [0.25, 0.3) is 0 Å². The summed E-state index contributed by atoms with van der Waals surface area (Å²) in [5, 5.41) is 1.69. The number of hydrogen-bond donors (Lipinski definition) is 2. The Kier molecular flexibility index (Phi) is 2.86. The van der Waals surface area contributed by atoms with Crippen LogP contribution in [0, 0.1) is 4.91 Å². The van der Waals surface area contributed by atoms with Crippen molar-refractivity contribution in [2.75, 3.05) is 0 Å². The summed E-state index contributed by atoms with van der Waals surface area (Å²) >= 11 is 0. The van der Waals surface area contributed by atoms with Gasteiger partial charge in [0.1, 0.15) is 0 Å². The van der Waals surface area contributed by atoms with Gasteiger partial charge in [0.15, 0.2) is 0 Å². The molecule has 0 saturated carbocycles. The topological polar surface area (TPSA) is 122 Å². The molecule has 2 amide bonds. The fourth-order valence-corrected chi connectivity index (χ4v) is 0.284. The van der Waals surface area contributed by atoms with Gasteiger partial charge in [0.2, 0.25) is 0 Å². The molecule has 0 fully saturated rings. The van der Waals surface area contributed by atoms with Crippen LogP contribution in [0.4, 0.5) is 4.79 Å². The van der Waals surface area contributed by atoms with Crippen LogP contribution in [-0.4, -0.2) is 19.0 Å². The number of rotatable bonds is 2. The standard InChI is InChI=1S/CH2N2O6S/c4-1(2-5)3-9-10(6,7)8/h(H,3,4)(H,6,7,8). The first kappa shape index (κ1) is 8.94. The maximum atomic E-state index is 9.77. The molecule has 0 bridgehead atoms. The highest BCUT2D eigenvalue weighted by molar-refractivity contribution is 7.80. The first-order chi connectivity index (χ1) is 4.45. The molecular weight excluding hydrogens is 168 g/mol. The second kappa shape index (κ2) is 3.20. The minimum Gasteiger partial charge on any atom is -0.262 e. The fourth-order valence-electron chi connectivity index (χ4n) is 0.107. The van der Waals surface area contributed by atoms with E-state index in [1.807, 2.05) is 0 Å². The molecule has 0 aliphatic heterocycles. The third-order valence-electron chi connectivity index (χ3n) is 0.317. The molecule has 0 unspecified atom stereocenters. The number of hydrogen-bond acceptors (Lipinski definition) is 5. The van der Waals surface area contributed by atoms with E-state index in [0.29, 0.717) is 0 Å². The van der Waals surface area contributed by atoms with E-state index in [2.05, 4.69) is 4.28 Å². The van der Waals surface area contributed by atoms with Crippen molar-refractivity contribution in [2.24, 2.45) is 5.18 Å². The highest BCUT2D eigenvalue weighted by Crippen LogP contribution is 1.80. The number of amides is 2. The largest absolute Gasteiger partial charge is 0.418 e. The van der Waals surface area contributed by atoms with Gasteiger partial charge in [0.25, 0.3) is 0 Å². The summed E-state index contributed by atoms with van der Waals surface area (Å²) in [5.41, 5.74) is 1.02. The minimum absolute atomic E-state index is 1.02. The zero-order chi connectivity index (χ0) is 8.20. The van der Waals surface area contributed by atoms with Gasteiger partial charge in [0, 0.05) is 5.18 Å². The average Bonchev–Trinajstić information content (AvgIpc) is 1.81. The number of nitroso groups, excluding NO2 is 1. The summed E-state index contributed by atoms with van der Waals surface area (Å²) in [6.45, 7) is 0. The van der Waals surface area contributed by atoms with Gasteiger partial charge in [0.05, 0.1) is 0 Å². The predicted molar refractivity (Wildman–Crippen MR) is 27.0 cm³/mol. The van der Waals surface area contributed by atoms with Crippen LogP contribution in [0.2, 0.25) is 0 Å². The first-order valence-corrected chi connectivity index (χ1v) is 3.11. The second-order valence-electron chi connectivity index (χ2n) is 1.01. The molecule has 10 heavy (non-hydrogen) atoms. The van der Waals surface area contributed by atoms with Gasteiger partial charge < -0.3 is 0 Å². The van der Waals surface area contributed by atoms with E-state index in [4.69, 9.17) is 4.55 Å². The summed E-state index contributed by atoms with van der Waals surface area (Å²) in [4.78, 5) is 19.0. The lowest BCUT2D eigenvalue weighted by Crippen LogP contribution is -2.23. The maximum Gasteiger partial charge on any atom is 0.418 e. The average molecular weight is 170 g/mol. The van der Waals surface area contributed by atoms with E-state index in [0.717, 1.165) is 5.48 Å². The molecule has 58 valence electrons. The zero-order valence-corrected chi connectivity index (χ0v) is 5.16. The fraction of sp³-hybridized carbons (Fsp3) is 0. The highest BCUT2D eigenvalue weighted by atomic mass is 32.3. The van der Waals surface area contributed by atoms with Crippen molar-refractivity contribution in [1.82, 2.24) is 5.48 Å². The van der Waals surface area contributed by atoms with Crippen LogP contribution < -0.4 is 5.48 Å². The molecule has 0 aromatic heterocycles. The van der Waals surface area contributed by atoms with Crippen molar-refractivity contribution in [3.8, 4) is 0 Å². The number of urea groups is 1. The van der Waals surface area contributed by atoms with E-state index in [1.165, 1.54) is 0 Å². The summed E-state index contributed by atoms with van der Waals surface area (Å²) in [6, 6.07) is -1.56. The van der Waals surface area contributed by atoms with Crippen LogP contribution in [-0.2, 0) is 14.7 Å². The quantitative estimate of drug-likeness (QED) is 0.317. The smallest absolute Gasteiger partial charge is 0.262 e. The predicted octanol–water partition coefficient (Wildman–Crippen LogP) is -0.803. The number of carbonyl (C=O) groups is 1. The normalized spacial score (nSPS) is 10.5. The third kappa shape index (κ3) is 5.08. The number of carbonyl (C=O) groups excluding carboxylic acids is 1. The molecule has 0 radical (unpaired) electrons. The van der Waals surface area contributed by atoms with Crippen molar-refractivity contribution in [3.05, 3.63) is 4.91 Å². The van der Waals surface area contributed by atoms with Gasteiger partial charge in [-0.25, -0.2) is 4.79 Å². The molecule has 0 aromatic rings. The van der Waals surface area contributed by atoms with Gasteiger partial charge in [-0.05, 0) is 0 Å². The van der Waals surface area contributed by atoms with Crippen molar-refractivity contribution < 1.29 is 22.0 Å². The van der Waals surface area contributed by atoms with Crippen molar-refractivity contribution in [3.63, 3.8) is 0 Å². The van der Waals surface area contributed by atoms with Gasteiger partial charge in [-0.1, -0.05) is 0 Å². The molecule has 2 N–H and O–H groups in total. The van der Waals surface area contributed by atoms with E-state index < -0.39 is 16.4 Å². The van der Waals surface area contributed by atoms with Crippen LogP contribution in [0.1, 0.15) is 0 Å².